The number of hydrogen-bond donors (Lipinski definition) is 1. The van der Waals surface area contributed by atoms with Gasteiger partial charge in [-0.25, -0.2) is 23.7 Å². The van der Waals surface area contributed by atoms with E-state index in [1.807, 2.05) is 23.9 Å². The summed E-state index contributed by atoms with van der Waals surface area (Å²) in [5.74, 6) is 0.807. The van der Waals surface area contributed by atoms with E-state index in [0.717, 1.165) is 29.9 Å². The van der Waals surface area contributed by atoms with E-state index in [2.05, 4.69) is 20.3 Å². The molecule has 10 heteroatoms. The van der Waals surface area contributed by atoms with E-state index < -0.39 is 0 Å². The highest BCUT2D eigenvalue weighted by Crippen LogP contribution is 2.40. The van der Waals surface area contributed by atoms with E-state index in [0.29, 0.717) is 17.7 Å². The smallest absolute Gasteiger partial charge is 0.333 e. The van der Waals surface area contributed by atoms with Crippen LogP contribution in [0.2, 0.25) is 5.15 Å². The SMILES string of the molecule is C[C@H](Nc1nc(Cl)cc(-n2c(C3CC3)cn(C)c2=O)n1)c1cn(-c2ccc(F)cc2)cn1. The van der Waals surface area contributed by atoms with Crippen LogP contribution in [-0.2, 0) is 7.05 Å². The summed E-state index contributed by atoms with van der Waals surface area (Å²) in [5, 5.41) is 3.44. The Bertz CT molecular complexity index is 1340. The van der Waals surface area contributed by atoms with Crippen molar-refractivity contribution >= 4 is 17.5 Å². The van der Waals surface area contributed by atoms with Crippen molar-refractivity contribution in [3.63, 3.8) is 0 Å². The third-order valence-electron chi connectivity index (χ3n) is 5.50. The lowest BCUT2D eigenvalue weighted by atomic mass is 10.2. The summed E-state index contributed by atoms with van der Waals surface area (Å²) in [6, 6.07) is 7.52. The minimum atomic E-state index is -0.291. The van der Waals surface area contributed by atoms with Crippen LogP contribution >= 0.6 is 11.6 Å². The minimum Gasteiger partial charge on any atom is -0.346 e. The van der Waals surface area contributed by atoms with E-state index in [9.17, 15) is 9.18 Å². The first-order valence-electron chi connectivity index (χ1n) is 10.3. The third-order valence-corrected chi connectivity index (χ3v) is 5.69. The Kier molecular flexibility index (Phi) is 5.05. The van der Waals surface area contributed by atoms with Crippen LogP contribution in [0.15, 0.2) is 53.8 Å². The molecule has 3 heterocycles. The Hall–Kier alpha value is -3.46. The maximum atomic E-state index is 13.2. The molecule has 0 aliphatic heterocycles. The molecule has 8 nitrogen and oxygen atoms in total. The summed E-state index contributed by atoms with van der Waals surface area (Å²) < 4.78 is 18.1. The van der Waals surface area contributed by atoms with Crippen LogP contribution in [0.1, 0.15) is 43.1 Å². The van der Waals surface area contributed by atoms with Crippen molar-refractivity contribution in [1.82, 2.24) is 28.7 Å². The van der Waals surface area contributed by atoms with Crippen LogP contribution in [0, 0.1) is 5.82 Å². The van der Waals surface area contributed by atoms with Gasteiger partial charge in [0.2, 0.25) is 5.95 Å². The largest absolute Gasteiger partial charge is 0.346 e. The fourth-order valence-corrected chi connectivity index (χ4v) is 3.82. The highest BCUT2D eigenvalue weighted by atomic mass is 35.5. The number of rotatable bonds is 6. The van der Waals surface area contributed by atoms with Crippen LogP contribution in [0.4, 0.5) is 10.3 Å². The standard InChI is InChI=1S/C22H21ClFN7O/c1-13(17-10-30(12-25-17)16-7-5-15(24)6-8-16)26-21-27-19(23)9-20(28-21)31-18(14-3-4-14)11-29(2)22(31)32/h5-14H,3-4H2,1-2H3,(H,26,27,28)/t13-/m0/s1. The summed E-state index contributed by atoms with van der Waals surface area (Å²) >= 11 is 6.27. The molecule has 0 radical (unpaired) electrons. The molecule has 0 saturated heterocycles. The molecule has 1 saturated carbocycles. The molecule has 1 aliphatic rings. The maximum Gasteiger partial charge on any atom is 0.333 e. The number of halogens is 2. The summed E-state index contributed by atoms with van der Waals surface area (Å²) in [5.41, 5.74) is 2.31. The van der Waals surface area contributed by atoms with Gasteiger partial charge in [0, 0.05) is 42.8 Å². The van der Waals surface area contributed by atoms with Gasteiger partial charge in [-0.3, -0.25) is 0 Å². The molecule has 4 aromatic rings. The van der Waals surface area contributed by atoms with Gasteiger partial charge in [-0.2, -0.15) is 4.98 Å². The molecule has 0 bridgehead atoms. The second-order valence-corrected chi connectivity index (χ2v) is 8.37. The fraction of sp³-hybridized carbons (Fsp3) is 0.273. The van der Waals surface area contributed by atoms with Crippen LogP contribution in [0.25, 0.3) is 11.5 Å². The average molecular weight is 454 g/mol. The molecule has 1 N–H and O–H groups in total. The second kappa shape index (κ2) is 7.90. The van der Waals surface area contributed by atoms with Gasteiger partial charge in [0.25, 0.3) is 0 Å². The van der Waals surface area contributed by atoms with E-state index in [1.165, 1.54) is 12.1 Å². The van der Waals surface area contributed by atoms with Crippen molar-refractivity contribution < 1.29 is 4.39 Å². The number of nitrogens with zero attached hydrogens (tertiary/aromatic N) is 6. The minimum absolute atomic E-state index is 0.168. The Morgan fingerprint density at radius 2 is 1.94 bits per heavy atom. The monoisotopic (exact) mass is 453 g/mol. The molecule has 0 unspecified atom stereocenters. The number of hydrogen-bond acceptors (Lipinski definition) is 5. The summed E-state index contributed by atoms with van der Waals surface area (Å²) in [6.45, 7) is 1.92. The van der Waals surface area contributed by atoms with Crippen molar-refractivity contribution in [3.05, 3.63) is 81.9 Å². The molecule has 1 aliphatic carbocycles. The van der Waals surface area contributed by atoms with Crippen LogP contribution in [-0.4, -0.2) is 28.7 Å². The lowest BCUT2D eigenvalue weighted by Crippen LogP contribution is -2.23. The predicted octanol–water partition coefficient (Wildman–Crippen LogP) is 3.99. The molecule has 1 atom stereocenters. The first-order chi connectivity index (χ1) is 15.4. The number of nitrogens with one attached hydrogen (secondary N) is 1. The van der Waals surface area contributed by atoms with E-state index >= 15 is 0 Å². The topological polar surface area (TPSA) is 82.6 Å². The molecular formula is C22H21ClFN7O. The molecule has 164 valence electrons. The zero-order valence-electron chi connectivity index (χ0n) is 17.5. The van der Waals surface area contributed by atoms with Gasteiger partial charge in [-0.15, -0.1) is 0 Å². The lowest BCUT2D eigenvalue weighted by molar-refractivity contribution is 0.627. The van der Waals surface area contributed by atoms with Crippen molar-refractivity contribution in [2.24, 2.45) is 7.05 Å². The highest BCUT2D eigenvalue weighted by Gasteiger charge is 2.29. The molecule has 0 amide bonds. The molecule has 0 spiro atoms. The first kappa shape index (κ1) is 20.4. The van der Waals surface area contributed by atoms with E-state index in [4.69, 9.17) is 11.6 Å². The van der Waals surface area contributed by atoms with Gasteiger partial charge >= 0.3 is 5.69 Å². The van der Waals surface area contributed by atoms with Crippen LogP contribution < -0.4 is 11.0 Å². The zero-order valence-corrected chi connectivity index (χ0v) is 18.3. The molecular weight excluding hydrogens is 433 g/mol. The van der Waals surface area contributed by atoms with Gasteiger partial charge in [0.15, 0.2) is 0 Å². The Morgan fingerprint density at radius 3 is 2.66 bits per heavy atom. The number of benzene rings is 1. The zero-order chi connectivity index (χ0) is 22.4. The second-order valence-electron chi connectivity index (χ2n) is 7.98. The van der Waals surface area contributed by atoms with Gasteiger partial charge in [0.05, 0.1) is 18.1 Å². The summed E-state index contributed by atoms with van der Waals surface area (Å²) in [4.78, 5) is 26.0. The van der Waals surface area contributed by atoms with E-state index in [1.54, 1.807) is 40.7 Å². The number of aromatic nitrogens is 6. The van der Waals surface area contributed by atoms with Crippen LogP contribution in [0.5, 0.6) is 0 Å². The maximum absolute atomic E-state index is 13.2. The highest BCUT2D eigenvalue weighted by molar-refractivity contribution is 6.29. The Labute approximate surface area is 188 Å². The number of anilines is 1. The van der Waals surface area contributed by atoms with Crippen molar-refractivity contribution in [3.8, 4) is 11.5 Å². The van der Waals surface area contributed by atoms with Crippen molar-refractivity contribution in [1.29, 1.82) is 0 Å². The molecule has 1 aromatic carbocycles. The van der Waals surface area contributed by atoms with E-state index in [-0.39, 0.29) is 22.7 Å². The quantitative estimate of drug-likeness (QED) is 0.446. The molecule has 5 rings (SSSR count). The Balaban J connectivity index is 1.42. The predicted molar refractivity (Wildman–Crippen MR) is 119 cm³/mol. The van der Waals surface area contributed by atoms with Gasteiger partial charge in [-0.05, 0) is 44.0 Å². The Morgan fingerprint density at radius 1 is 1.19 bits per heavy atom. The van der Waals surface area contributed by atoms with Crippen LogP contribution in [0.3, 0.4) is 0 Å². The molecule has 1 fully saturated rings. The van der Waals surface area contributed by atoms with Crippen molar-refractivity contribution in [2.45, 2.75) is 31.7 Å². The normalized spacial score (nSPS) is 14.5. The molecule has 32 heavy (non-hydrogen) atoms. The first-order valence-corrected chi connectivity index (χ1v) is 10.7. The van der Waals surface area contributed by atoms with Gasteiger partial charge in [0.1, 0.15) is 16.8 Å². The fourth-order valence-electron chi connectivity index (χ4n) is 3.65. The van der Waals surface area contributed by atoms with Crippen molar-refractivity contribution in [2.75, 3.05) is 5.32 Å². The summed E-state index contributed by atoms with van der Waals surface area (Å²) in [6.07, 6.45) is 7.48. The van der Waals surface area contributed by atoms with Gasteiger partial charge in [-0.1, -0.05) is 11.6 Å². The van der Waals surface area contributed by atoms with Gasteiger partial charge < -0.3 is 14.5 Å². The lowest BCUT2D eigenvalue weighted by Gasteiger charge is -2.13. The number of aryl methyl sites for hydroxylation is 1. The average Bonchev–Trinajstić information content (AvgIpc) is 3.40. The number of imidazole rings is 2. The third kappa shape index (κ3) is 3.91. The molecule has 3 aromatic heterocycles. The summed E-state index contributed by atoms with van der Waals surface area (Å²) in [7, 11) is 1.73.